The van der Waals surface area contributed by atoms with E-state index in [0.717, 1.165) is 43.8 Å². The van der Waals surface area contributed by atoms with Crippen LogP contribution in [0, 0.1) is 29.2 Å². The predicted molar refractivity (Wildman–Crippen MR) is 140 cm³/mol. The molecule has 5 aromatic carbocycles. The highest BCUT2D eigenvalue weighted by molar-refractivity contribution is 7.85. The minimum Gasteiger partial charge on any atom is -0.744 e. The number of fused-ring (bicyclic) bond motifs is 3. The molecule has 0 fully saturated rings. The van der Waals surface area contributed by atoms with Crippen molar-refractivity contribution < 1.29 is 40.1 Å². The van der Waals surface area contributed by atoms with Gasteiger partial charge < -0.3 is 9.29 Å². The van der Waals surface area contributed by atoms with Gasteiger partial charge in [-0.25, -0.2) is 17.2 Å². The van der Waals surface area contributed by atoms with Gasteiger partial charge in [-0.05, 0) is 50.2 Å². The summed E-state index contributed by atoms with van der Waals surface area (Å²) in [4.78, 5) is 11.3. The third-order valence-corrected chi connectivity index (χ3v) is 9.04. The summed E-state index contributed by atoms with van der Waals surface area (Å²) in [5, 5.41) is 3.73. The Labute approximate surface area is 230 Å². The molecular formula is C31H17F4O5S-. The minimum atomic E-state index is -5.91. The van der Waals surface area contributed by atoms with E-state index in [1.165, 1.54) is 0 Å². The summed E-state index contributed by atoms with van der Waals surface area (Å²) in [6.45, 7) is 0. The number of benzene rings is 5. The van der Waals surface area contributed by atoms with Crippen LogP contribution < -0.4 is 4.74 Å². The summed E-state index contributed by atoms with van der Waals surface area (Å²) in [6, 6.07) is 23.3. The monoisotopic (exact) mass is 577 g/mol. The molecule has 8 rings (SSSR count). The maximum absolute atomic E-state index is 14.7. The van der Waals surface area contributed by atoms with Crippen LogP contribution >= 0.6 is 0 Å². The van der Waals surface area contributed by atoms with Gasteiger partial charge in [-0.15, -0.1) is 0 Å². The smallest absolute Gasteiger partial charge is 0.315 e. The normalized spacial score (nSPS) is 19.3. The average Bonchev–Trinajstić information content (AvgIpc) is 2.96. The third-order valence-electron chi connectivity index (χ3n) is 8.18. The summed E-state index contributed by atoms with van der Waals surface area (Å²) in [7, 11) is -5.91. The van der Waals surface area contributed by atoms with Gasteiger partial charge in [-0.3, -0.25) is 4.79 Å². The van der Waals surface area contributed by atoms with Crippen LogP contribution in [-0.4, -0.2) is 18.9 Å². The van der Waals surface area contributed by atoms with Gasteiger partial charge in [0.15, 0.2) is 11.6 Å². The van der Waals surface area contributed by atoms with Gasteiger partial charge in [0.1, 0.15) is 15.0 Å². The summed E-state index contributed by atoms with van der Waals surface area (Å²) >= 11 is 0. The van der Waals surface area contributed by atoms with Crippen molar-refractivity contribution in [3.05, 3.63) is 118 Å². The van der Waals surface area contributed by atoms with E-state index in [-0.39, 0.29) is 12.3 Å². The van der Waals surface area contributed by atoms with E-state index >= 15 is 0 Å². The first-order valence-electron chi connectivity index (χ1n) is 12.6. The summed E-state index contributed by atoms with van der Waals surface area (Å²) in [5.74, 6) is -14.3. The molecular weight excluding hydrogens is 560 g/mol. The van der Waals surface area contributed by atoms with Crippen molar-refractivity contribution in [3.63, 3.8) is 0 Å². The van der Waals surface area contributed by atoms with Gasteiger partial charge in [-0.2, -0.15) is 8.78 Å². The second kappa shape index (κ2) is 8.86. The van der Waals surface area contributed by atoms with Crippen molar-refractivity contribution in [1.29, 1.82) is 0 Å². The van der Waals surface area contributed by atoms with E-state index in [9.17, 15) is 35.3 Å². The first-order valence-corrected chi connectivity index (χ1v) is 14.0. The second-order valence-corrected chi connectivity index (χ2v) is 11.6. The topological polar surface area (TPSA) is 83.5 Å². The van der Waals surface area contributed by atoms with Gasteiger partial charge in [0.25, 0.3) is 0 Å². The summed E-state index contributed by atoms with van der Waals surface area (Å²) < 4.78 is 96.9. The van der Waals surface area contributed by atoms with Gasteiger partial charge in [0.05, 0.1) is 5.92 Å². The van der Waals surface area contributed by atoms with Crippen molar-refractivity contribution in [2.75, 3.05) is 0 Å². The van der Waals surface area contributed by atoms with E-state index in [0.29, 0.717) is 0 Å². The third kappa shape index (κ3) is 3.70. The number of hydrogen-bond donors (Lipinski definition) is 0. The number of carbonyl (C=O) groups is 1. The van der Waals surface area contributed by atoms with Crippen molar-refractivity contribution >= 4 is 37.6 Å². The van der Waals surface area contributed by atoms with Crippen LogP contribution in [0.1, 0.15) is 40.5 Å². The quantitative estimate of drug-likeness (QED) is 0.0788. The number of esters is 1. The lowest BCUT2D eigenvalue weighted by Crippen LogP contribution is -2.38. The zero-order valence-corrected chi connectivity index (χ0v) is 21.6. The van der Waals surface area contributed by atoms with E-state index < -0.39 is 61.8 Å². The first kappa shape index (κ1) is 25.7. The lowest BCUT2D eigenvalue weighted by atomic mass is 9.58. The fourth-order valence-electron chi connectivity index (χ4n) is 6.50. The molecule has 0 saturated carbocycles. The van der Waals surface area contributed by atoms with Crippen LogP contribution in [0.4, 0.5) is 17.6 Å². The molecule has 10 heteroatoms. The zero-order valence-electron chi connectivity index (χ0n) is 20.8. The molecule has 0 aliphatic heterocycles. The Morgan fingerprint density at radius 2 is 1.34 bits per heavy atom. The molecule has 0 radical (unpaired) electrons. The average molecular weight is 578 g/mol. The van der Waals surface area contributed by atoms with Crippen LogP contribution in [0.5, 0.6) is 5.75 Å². The molecule has 0 spiro atoms. The minimum absolute atomic E-state index is 0.196. The second-order valence-electron chi connectivity index (χ2n) is 10.3. The molecule has 0 heterocycles. The van der Waals surface area contributed by atoms with Crippen LogP contribution in [0.25, 0.3) is 21.5 Å². The maximum atomic E-state index is 14.7. The molecule has 5 aromatic rings. The number of rotatable bonds is 3. The lowest BCUT2D eigenvalue weighted by Gasteiger charge is -2.45. The number of ether oxygens (including phenoxy) is 1. The van der Waals surface area contributed by atoms with Crippen molar-refractivity contribution in [2.45, 2.75) is 23.2 Å². The van der Waals surface area contributed by atoms with Crippen molar-refractivity contribution in [3.8, 4) is 5.75 Å². The molecule has 0 aromatic heterocycles. The molecule has 2 bridgehead atoms. The molecule has 3 aliphatic carbocycles. The van der Waals surface area contributed by atoms with E-state index in [1.54, 1.807) is 0 Å². The van der Waals surface area contributed by atoms with Crippen LogP contribution in [0.2, 0.25) is 0 Å². The molecule has 3 unspecified atom stereocenters. The first-order chi connectivity index (χ1) is 19.6. The zero-order chi connectivity index (χ0) is 28.8. The van der Waals surface area contributed by atoms with Gasteiger partial charge in [-0.1, -0.05) is 72.8 Å². The summed E-state index contributed by atoms with van der Waals surface area (Å²) in [5.41, 5.74) is 3.69. The van der Waals surface area contributed by atoms with Crippen LogP contribution in [0.15, 0.2) is 77.7 Å². The lowest BCUT2D eigenvalue weighted by molar-refractivity contribution is -0.140. The van der Waals surface area contributed by atoms with Gasteiger partial charge >= 0.3 is 5.97 Å². The molecule has 41 heavy (non-hydrogen) atoms. The van der Waals surface area contributed by atoms with Crippen molar-refractivity contribution in [2.24, 2.45) is 5.92 Å². The SMILES string of the molecule is O=C(Oc1c(F)c(F)c(S(=O)(=O)[O-])c(F)c1F)C1CC2c3cc4ccccc4cc3C1c1c2ccc2ccccc12. The van der Waals surface area contributed by atoms with E-state index in [1.807, 2.05) is 66.7 Å². The molecule has 0 saturated heterocycles. The highest BCUT2D eigenvalue weighted by Crippen LogP contribution is 2.58. The fourth-order valence-corrected chi connectivity index (χ4v) is 7.12. The van der Waals surface area contributed by atoms with Crippen molar-refractivity contribution in [1.82, 2.24) is 0 Å². The Hall–Kier alpha value is -4.28. The highest BCUT2D eigenvalue weighted by Gasteiger charge is 2.48. The summed E-state index contributed by atoms with van der Waals surface area (Å²) in [6.07, 6.45) is 0.196. The maximum Gasteiger partial charge on any atom is 0.315 e. The standard InChI is InChI=1S/C31H18F4O5S/c32-25-27(34)30(41(37,38)39)28(35)26(33)29(25)40-31(36)22-13-20-18-10-9-14-5-3-4-8-17(14)23(18)24(22)21-12-16-7-2-1-6-15(16)11-19(20)21/h1-12,20,22,24H,13H2,(H,37,38,39)/p-1. The Morgan fingerprint density at radius 3 is 1.98 bits per heavy atom. The largest absolute Gasteiger partial charge is 0.744 e. The Bertz CT molecular complexity index is 2040. The Balaban J connectivity index is 1.39. The number of halogens is 4. The van der Waals surface area contributed by atoms with Gasteiger partial charge in [0.2, 0.25) is 17.4 Å². The Morgan fingerprint density at radius 1 is 0.756 bits per heavy atom. The molecule has 5 nitrogen and oxygen atoms in total. The molecule has 206 valence electrons. The Kier molecular flexibility index (Phi) is 5.55. The van der Waals surface area contributed by atoms with E-state index in [2.05, 4.69) is 6.07 Å². The number of carbonyl (C=O) groups excluding carboxylic acids is 1. The highest BCUT2D eigenvalue weighted by atomic mass is 32.2. The fraction of sp³-hybridized carbons (Fsp3) is 0.129. The van der Waals surface area contributed by atoms with Crippen LogP contribution in [0.3, 0.4) is 0 Å². The molecule has 3 aliphatic rings. The molecule has 0 amide bonds. The number of hydrogen-bond acceptors (Lipinski definition) is 5. The van der Waals surface area contributed by atoms with E-state index in [4.69, 9.17) is 4.74 Å². The van der Waals surface area contributed by atoms with Crippen LogP contribution in [-0.2, 0) is 14.9 Å². The van der Waals surface area contributed by atoms with Gasteiger partial charge in [0, 0.05) is 11.8 Å². The predicted octanol–water partition coefficient (Wildman–Crippen LogP) is 6.66. The molecule has 0 N–H and O–H groups in total. The molecule has 3 atom stereocenters.